The minimum Gasteiger partial charge on any atom is -0.488 e. The van der Waals surface area contributed by atoms with Crippen molar-refractivity contribution in [3.63, 3.8) is 0 Å². The van der Waals surface area contributed by atoms with Gasteiger partial charge in [0, 0.05) is 17.5 Å². The Hall–Kier alpha value is -1.20. The number of rotatable bonds is 8. The highest BCUT2D eigenvalue weighted by Crippen LogP contribution is 2.28. The van der Waals surface area contributed by atoms with Gasteiger partial charge >= 0.3 is 5.97 Å². The van der Waals surface area contributed by atoms with Gasteiger partial charge in [0.25, 0.3) is 0 Å². The molecule has 4 nitrogen and oxygen atoms in total. The average Bonchev–Trinajstić information content (AvgIpc) is 2.55. The number of para-hydroxylation sites is 1. The normalized spacial score (nSPS) is 17.2. The van der Waals surface area contributed by atoms with E-state index < -0.39 is 5.97 Å². The van der Waals surface area contributed by atoms with Gasteiger partial charge in [0.05, 0.1) is 6.54 Å². The van der Waals surface area contributed by atoms with E-state index >= 15 is 0 Å². The summed E-state index contributed by atoms with van der Waals surface area (Å²) >= 11 is 1.66. The number of benzene rings is 1. The van der Waals surface area contributed by atoms with E-state index in [-0.39, 0.29) is 12.6 Å². The van der Waals surface area contributed by atoms with E-state index in [2.05, 4.69) is 4.90 Å². The van der Waals surface area contributed by atoms with Crippen molar-refractivity contribution in [3.8, 4) is 5.75 Å². The zero-order valence-corrected chi connectivity index (χ0v) is 14.8. The fourth-order valence-electron chi connectivity index (χ4n) is 3.26. The van der Waals surface area contributed by atoms with Gasteiger partial charge in [-0.15, -0.1) is 11.8 Å². The molecule has 1 aromatic carbocycles. The monoisotopic (exact) mass is 337 g/mol. The van der Waals surface area contributed by atoms with Gasteiger partial charge in [-0.05, 0) is 38.2 Å². The molecule has 1 saturated carbocycles. The number of carbonyl (C=O) groups is 1. The van der Waals surface area contributed by atoms with Crippen molar-refractivity contribution in [1.82, 2.24) is 4.90 Å². The van der Waals surface area contributed by atoms with Gasteiger partial charge in [-0.3, -0.25) is 9.69 Å². The number of hydrogen-bond acceptors (Lipinski definition) is 4. The van der Waals surface area contributed by atoms with Crippen LogP contribution >= 0.6 is 11.8 Å². The maximum absolute atomic E-state index is 11.2. The molecular weight excluding hydrogens is 310 g/mol. The Morgan fingerprint density at radius 1 is 1.35 bits per heavy atom. The van der Waals surface area contributed by atoms with Crippen molar-refractivity contribution in [2.75, 3.05) is 19.3 Å². The summed E-state index contributed by atoms with van der Waals surface area (Å²) in [4.78, 5) is 14.4. The summed E-state index contributed by atoms with van der Waals surface area (Å²) < 4.78 is 6.08. The quantitative estimate of drug-likeness (QED) is 0.729. The molecular formula is C18H27NO3S. The van der Waals surface area contributed by atoms with Crippen molar-refractivity contribution in [2.24, 2.45) is 0 Å². The maximum Gasteiger partial charge on any atom is 0.317 e. The fourth-order valence-corrected chi connectivity index (χ4v) is 3.80. The van der Waals surface area contributed by atoms with Crippen LogP contribution in [-0.2, 0) is 4.79 Å². The van der Waals surface area contributed by atoms with E-state index in [4.69, 9.17) is 4.74 Å². The summed E-state index contributed by atoms with van der Waals surface area (Å²) in [5.41, 5.74) is 0. The van der Waals surface area contributed by atoms with E-state index in [9.17, 15) is 9.90 Å². The lowest BCUT2D eigenvalue weighted by molar-refractivity contribution is -0.139. The lowest BCUT2D eigenvalue weighted by atomic mass is 9.94. The SMILES string of the molecule is CSc1ccccc1O[C@@H](C)CN(CC(=O)O)C1CCCCC1. The molecule has 0 aliphatic heterocycles. The van der Waals surface area contributed by atoms with E-state index in [1.165, 1.54) is 19.3 Å². The standard InChI is InChI=1S/C18H27NO3S/c1-14(22-16-10-6-7-11-17(16)23-2)12-19(13-18(20)21)15-8-4-3-5-9-15/h6-7,10-11,14-15H,3-5,8-9,12-13H2,1-2H3,(H,20,21)/t14-/m0/s1. The minimum absolute atomic E-state index is 0.0374. The van der Waals surface area contributed by atoms with Crippen LogP contribution in [0.3, 0.4) is 0 Å². The summed E-state index contributed by atoms with van der Waals surface area (Å²) in [7, 11) is 0. The third kappa shape index (κ3) is 5.74. The zero-order chi connectivity index (χ0) is 16.7. The first-order valence-electron chi connectivity index (χ1n) is 8.35. The number of carboxylic acids is 1. The molecule has 0 spiro atoms. The number of nitrogens with zero attached hydrogens (tertiary/aromatic N) is 1. The maximum atomic E-state index is 11.2. The summed E-state index contributed by atoms with van der Waals surface area (Å²) in [6.07, 6.45) is 7.86. The van der Waals surface area contributed by atoms with Gasteiger partial charge in [0.15, 0.2) is 0 Å². The molecule has 0 amide bonds. The molecule has 128 valence electrons. The predicted molar refractivity (Wildman–Crippen MR) is 94.4 cm³/mol. The van der Waals surface area contributed by atoms with Gasteiger partial charge in [0.2, 0.25) is 0 Å². The Bertz CT molecular complexity index is 503. The highest BCUT2D eigenvalue weighted by Gasteiger charge is 2.25. The number of hydrogen-bond donors (Lipinski definition) is 1. The van der Waals surface area contributed by atoms with Gasteiger partial charge in [-0.25, -0.2) is 0 Å². The summed E-state index contributed by atoms with van der Waals surface area (Å²) in [6, 6.07) is 8.37. The zero-order valence-electron chi connectivity index (χ0n) is 14.0. The van der Waals surface area contributed by atoms with Gasteiger partial charge in [-0.1, -0.05) is 31.4 Å². The van der Waals surface area contributed by atoms with E-state index in [0.29, 0.717) is 12.6 Å². The van der Waals surface area contributed by atoms with Gasteiger partial charge < -0.3 is 9.84 Å². The van der Waals surface area contributed by atoms with Crippen molar-refractivity contribution < 1.29 is 14.6 Å². The second kappa shape index (κ2) is 9.18. The topological polar surface area (TPSA) is 49.8 Å². The molecule has 0 radical (unpaired) electrons. The summed E-state index contributed by atoms with van der Waals surface area (Å²) in [5.74, 6) is 0.124. The van der Waals surface area contributed by atoms with Crippen LogP contribution in [-0.4, -0.2) is 47.5 Å². The van der Waals surface area contributed by atoms with Crippen LogP contribution in [0.25, 0.3) is 0 Å². The first-order valence-corrected chi connectivity index (χ1v) is 9.58. The van der Waals surface area contributed by atoms with Crippen LogP contribution in [0.2, 0.25) is 0 Å². The average molecular weight is 337 g/mol. The Balaban J connectivity index is 1.98. The molecule has 1 fully saturated rings. The molecule has 2 rings (SSSR count). The molecule has 23 heavy (non-hydrogen) atoms. The van der Waals surface area contributed by atoms with Crippen molar-refractivity contribution in [3.05, 3.63) is 24.3 Å². The number of ether oxygens (including phenoxy) is 1. The van der Waals surface area contributed by atoms with Crippen LogP contribution in [0.15, 0.2) is 29.2 Å². The Kier molecular flexibility index (Phi) is 7.24. The lowest BCUT2D eigenvalue weighted by Crippen LogP contribution is -2.45. The van der Waals surface area contributed by atoms with Crippen LogP contribution in [0.4, 0.5) is 0 Å². The third-order valence-corrected chi connectivity index (χ3v) is 5.10. The van der Waals surface area contributed by atoms with Crippen LogP contribution in [0.1, 0.15) is 39.0 Å². The first kappa shape index (κ1) is 18.1. The van der Waals surface area contributed by atoms with Gasteiger partial charge in [0.1, 0.15) is 11.9 Å². The van der Waals surface area contributed by atoms with Crippen molar-refractivity contribution in [2.45, 2.75) is 56.1 Å². The smallest absolute Gasteiger partial charge is 0.317 e. The third-order valence-electron chi connectivity index (χ3n) is 4.32. The van der Waals surface area contributed by atoms with Crippen LogP contribution < -0.4 is 4.74 Å². The Morgan fingerprint density at radius 2 is 2.04 bits per heavy atom. The fraction of sp³-hybridized carbons (Fsp3) is 0.611. The van der Waals surface area contributed by atoms with Crippen molar-refractivity contribution >= 4 is 17.7 Å². The van der Waals surface area contributed by atoms with E-state index in [0.717, 1.165) is 23.5 Å². The highest BCUT2D eigenvalue weighted by atomic mass is 32.2. The molecule has 0 aromatic heterocycles. The molecule has 5 heteroatoms. The second-order valence-corrected chi connectivity index (χ2v) is 7.04. The summed E-state index contributed by atoms with van der Waals surface area (Å²) in [6.45, 7) is 2.77. The molecule has 1 atom stereocenters. The summed E-state index contributed by atoms with van der Waals surface area (Å²) in [5, 5.41) is 9.21. The lowest BCUT2D eigenvalue weighted by Gasteiger charge is -2.34. The second-order valence-electron chi connectivity index (χ2n) is 6.19. The van der Waals surface area contributed by atoms with E-state index in [1.807, 2.05) is 37.4 Å². The number of aliphatic carboxylic acids is 1. The first-order chi connectivity index (χ1) is 11.1. The number of carboxylic acid groups (broad SMARTS) is 1. The van der Waals surface area contributed by atoms with Crippen molar-refractivity contribution in [1.29, 1.82) is 0 Å². The Morgan fingerprint density at radius 3 is 2.70 bits per heavy atom. The molecule has 0 bridgehead atoms. The Labute approximate surface area is 143 Å². The molecule has 1 aliphatic rings. The van der Waals surface area contributed by atoms with E-state index in [1.54, 1.807) is 11.8 Å². The molecule has 1 aromatic rings. The minimum atomic E-state index is -0.757. The predicted octanol–water partition coefficient (Wildman–Crippen LogP) is 3.90. The van der Waals surface area contributed by atoms with Crippen LogP contribution in [0, 0.1) is 0 Å². The highest BCUT2D eigenvalue weighted by molar-refractivity contribution is 7.98. The van der Waals surface area contributed by atoms with Crippen LogP contribution in [0.5, 0.6) is 5.75 Å². The van der Waals surface area contributed by atoms with Gasteiger partial charge in [-0.2, -0.15) is 0 Å². The number of thioether (sulfide) groups is 1. The molecule has 0 saturated heterocycles. The molecule has 0 heterocycles. The molecule has 1 N–H and O–H groups in total. The molecule has 1 aliphatic carbocycles. The largest absolute Gasteiger partial charge is 0.488 e. The molecule has 0 unspecified atom stereocenters.